The van der Waals surface area contributed by atoms with E-state index in [9.17, 15) is 0 Å². The summed E-state index contributed by atoms with van der Waals surface area (Å²) in [6, 6.07) is 0. The first-order chi connectivity index (χ1) is 4.66. The van der Waals surface area contributed by atoms with E-state index >= 15 is 0 Å². The van der Waals surface area contributed by atoms with Crippen LogP contribution in [0.15, 0.2) is 12.2 Å². The van der Waals surface area contributed by atoms with Crippen molar-refractivity contribution < 1.29 is 0 Å². The zero-order chi connectivity index (χ0) is 7.98. The van der Waals surface area contributed by atoms with Gasteiger partial charge in [-0.15, -0.1) is 6.58 Å². The van der Waals surface area contributed by atoms with Gasteiger partial charge in [0.2, 0.25) is 0 Å². The molecule has 10 heavy (non-hydrogen) atoms. The smallest absolute Gasteiger partial charge is 0.0584 e. The Hall–Kier alpha value is -0.340. The van der Waals surface area contributed by atoms with E-state index in [-0.39, 0.29) is 6.17 Å². The van der Waals surface area contributed by atoms with E-state index in [4.69, 9.17) is 5.73 Å². The summed E-state index contributed by atoms with van der Waals surface area (Å²) in [4.78, 5) is 0. The molecule has 0 spiro atoms. The largest absolute Gasteiger partial charge is 0.316 e. The minimum absolute atomic E-state index is 0.0949. The van der Waals surface area contributed by atoms with Crippen LogP contribution in [0, 0.1) is 0 Å². The van der Waals surface area contributed by atoms with Crippen LogP contribution in [0.4, 0.5) is 0 Å². The minimum Gasteiger partial charge on any atom is -0.316 e. The van der Waals surface area contributed by atoms with Gasteiger partial charge in [0.1, 0.15) is 0 Å². The van der Waals surface area contributed by atoms with E-state index < -0.39 is 0 Å². The van der Waals surface area contributed by atoms with Crippen LogP contribution in [0.3, 0.4) is 0 Å². The Kier molecular flexibility index (Phi) is 5.26. The van der Waals surface area contributed by atoms with Crippen molar-refractivity contribution in [2.45, 2.75) is 32.9 Å². The van der Waals surface area contributed by atoms with Crippen LogP contribution in [-0.2, 0) is 0 Å². The van der Waals surface area contributed by atoms with Crippen molar-refractivity contribution in [3.63, 3.8) is 0 Å². The summed E-state index contributed by atoms with van der Waals surface area (Å²) in [5, 5.41) is 3.18. The molecule has 0 fully saturated rings. The third kappa shape index (κ3) is 5.79. The maximum Gasteiger partial charge on any atom is 0.0584 e. The van der Waals surface area contributed by atoms with Gasteiger partial charge in [-0.2, -0.15) is 0 Å². The predicted octanol–water partition coefficient (Wildman–Crippen LogP) is 1.24. The number of nitrogens with one attached hydrogen (secondary N) is 1. The number of nitrogens with two attached hydrogens (primary N) is 1. The molecule has 0 saturated heterocycles. The lowest BCUT2D eigenvalue weighted by Gasteiger charge is -2.12. The number of hydrogen-bond donors (Lipinski definition) is 2. The summed E-state index contributed by atoms with van der Waals surface area (Å²) >= 11 is 0. The van der Waals surface area contributed by atoms with Crippen LogP contribution in [0.2, 0.25) is 0 Å². The first kappa shape index (κ1) is 9.66. The summed E-state index contributed by atoms with van der Waals surface area (Å²) in [5.74, 6) is 0. The van der Waals surface area contributed by atoms with E-state index in [1.807, 2.05) is 6.92 Å². The zero-order valence-corrected chi connectivity index (χ0v) is 6.98. The van der Waals surface area contributed by atoms with Gasteiger partial charge in [0.05, 0.1) is 6.17 Å². The highest BCUT2D eigenvalue weighted by Crippen LogP contribution is 1.96. The van der Waals surface area contributed by atoms with Crippen LogP contribution in [0.5, 0.6) is 0 Å². The Morgan fingerprint density at radius 2 is 2.30 bits per heavy atom. The minimum atomic E-state index is 0.0949. The fourth-order valence-corrected chi connectivity index (χ4v) is 0.777. The van der Waals surface area contributed by atoms with Crippen molar-refractivity contribution in [1.82, 2.24) is 5.32 Å². The summed E-state index contributed by atoms with van der Waals surface area (Å²) in [5.41, 5.74) is 6.82. The molecular weight excluding hydrogens is 124 g/mol. The van der Waals surface area contributed by atoms with E-state index in [0.717, 1.165) is 25.0 Å². The standard InChI is InChI=1S/C8H18N2/c1-4-5-10-8(9)6-7(2)3/h8,10H,2,4-6,9H2,1,3H3. The molecule has 0 aromatic rings. The normalized spacial score (nSPS) is 13.1. The Labute approximate surface area is 63.5 Å². The second kappa shape index (κ2) is 5.45. The lowest BCUT2D eigenvalue weighted by molar-refractivity contribution is 0.522. The third-order valence-electron chi connectivity index (χ3n) is 1.22. The van der Waals surface area contributed by atoms with E-state index in [0.29, 0.717) is 0 Å². The third-order valence-corrected chi connectivity index (χ3v) is 1.22. The Balaban J connectivity index is 3.25. The molecule has 0 amide bonds. The fraction of sp³-hybridized carbons (Fsp3) is 0.750. The van der Waals surface area contributed by atoms with Gasteiger partial charge in [0.15, 0.2) is 0 Å². The van der Waals surface area contributed by atoms with E-state index in [2.05, 4.69) is 18.8 Å². The molecule has 0 aliphatic heterocycles. The summed E-state index contributed by atoms with van der Waals surface area (Å²) in [7, 11) is 0. The molecular formula is C8H18N2. The van der Waals surface area contributed by atoms with Gasteiger partial charge in [-0.3, -0.25) is 0 Å². The van der Waals surface area contributed by atoms with Crippen LogP contribution < -0.4 is 11.1 Å². The highest BCUT2D eigenvalue weighted by Gasteiger charge is 1.98. The maximum absolute atomic E-state index is 5.69. The summed E-state index contributed by atoms with van der Waals surface area (Å²) in [6.45, 7) is 8.90. The zero-order valence-electron chi connectivity index (χ0n) is 6.98. The molecule has 1 unspecified atom stereocenters. The second-order valence-electron chi connectivity index (χ2n) is 2.72. The molecule has 2 heteroatoms. The van der Waals surface area contributed by atoms with Gasteiger partial charge >= 0.3 is 0 Å². The van der Waals surface area contributed by atoms with E-state index in [1.54, 1.807) is 0 Å². The van der Waals surface area contributed by atoms with Crippen molar-refractivity contribution in [3.05, 3.63) is 12.2 Å². The van der Waals surface area contributed by atoms with Crippen molar-refractivity contribution in [1.29, 1.82) is 0 Å². The van der Waals surface area contributed by atoms with Gasteiger partial charge in [-0.05, 0) is 26.3 Å². The molecule has 0 radical (unpaired) electrons. The second-order valence-corrected chi connectivity index (χ2v) is 2.72. The quantitative estimate of drug-likeness (QED) is 0.447. The molecule has 0 bridgehead atoms. The van der Waals surface area contributed by atoms with E-state index in [1.165, 1.54) is 0 Å². The average molecular weight is 142 g/mol. The van der Waals surface area contributed by atoms with Gasteiger partial charge in [0.25, 0.3) is 0 Å². The van der Waals surface area contributed by atoms with Gasteiger partial charge in [-0.1, -0.05) is 12.5 Å². The maximum atomic E-state index is 5.69. The van der Waals surface area contributed by atoms with Gasteiger partial charge in [0, 0.05) is 0 Å². The monoisotopic (exact) mass is 142 g/mol. The average Bonchev–Trinajstić information content (AvgIpc) is 1.82. The lowest BCUT2D eigenvalue weighted by Crippen LogP contribution is -2.37. The van der Waals surface area contributed by atoms with Crippen LogP contribution in [-0.4, -0.2) is 12.7 Å². The van der Waals surface area contributed by atoms with Crippen molar-refractivity contribution in [2.75, 3.05) is 6.54 Å². The molecule has 0 aliphatic carbocycles. The van der Waals surface area contributed by atoms with Crippen LogP contribution in [0.25, 0.3) is 0 Å². The van der Waals surface area contributed by atoms with Crippen LogP contribution in [0.1, 0.15) is 26.7 Å². The van der Waals surface area contributed by atoms with Crippen molar-refractivity contribution in [3.8, 4) is 0 Å². The molecule has 0 aromatic heterocycles. The summed E-state index contributed by atoms with van der Waals surface area (Å²) in [6.07, 6.45) is 2.10. The topological polar surface area (TPSA) is 38.0 Å². The Bertz CT molecular complexity index is 99.4. The molecule has 0 aliphatic rings. The highest BCUT2D eigenvalue weighted by atomic mass is 15.0. The molecule has 0 aromatic carbocycles. The predicted molar refractivity (Wildman–Crippen MR) is 45.7 cm³/mol. The summed E-state index contributed by atoms with van der Waals surface area (Å²) < 4.78 is 0. The van der Waals surface area contributed by atoms with Crippen LogP contribution >= 0.6 is 0 Å². The molecule has 0 heterocycles. The first-order valence-electron chi connectivity index (χ1n) is 3.80. The van der Waals surface area contributed by atoms with Crippen molar-refractivity contribution >= 4 is 0 Å². The molecule has 0 saturated carbocycles. The lowest BCUT2D eigenvalue weighted by atomic mass is 10.2. The molecule has 1 atom stereocenters. The number of rotatable bonds is 5. The molecule has 2 nitrogen and oxygen atoms in total. The molecule has 60 valence electrons. The van der Waals surface area contributed by atoms with Gasteiger partial charge in [-0.25, -0.2) is 0 Å². The number of hydrogen-bond acceptors (Lipinski definition) is 2. The fourth-order valence-electron chi connectivity index (χ4n) is 0.777. The first-order valence-corrected chi connectivity index (χ1v) is 3.80. The SMILES string of the molecule is C=C(C)CC(N)NCCC. The van der Waals surface area contributed by atoms with Crippen molar-refractivity contribution in [2.24, 2.45) is 5.73 Å². The highest BCUT2D eigenvalue weighted by molar-refractivity contribution is 4.90. The Morgan fingerprint density at radius 3 is 2.70 bits per heavy atom. The molecule has 3 N–H and O–H groups in total. The Morgan fingerprint density at radius 1 is 1.70 bits per heavy atom. The van der Waals surface area contributed by atoms with Gasteiger partial charge < -0.3 is 11.1 Å². The molecule has 0 rings (SSSR count).